The summed E-state index contributed by atoms with van der Waals surface area (Å²) in [5.41, 5.74) is 1.84. The molecule has 7 nitrogen and oxygen atoms in total. The molecule has 1 heterocycles. The largest absolute Gasteiger partial charge is 0.388 e. The van der Waals surface area contributed by atoms with E-state index in [9.17, 15) is 14.9 Å². The Morgan fingerprint density at radius 1 is 1.40 bits per heavy atom. The molecular weight excluding hydrogens is 260 g/mol. The number of benzene rings is 1. The number of aromatic nitrogens is 2. The van der Waals surface area contributed by atoms with Gasteiger partial charge in [0.15, 0.2) is 0 Å². The summed E-state index contributed by atoms with van der Waals surface area (Å²) in [5.74, 6) is 0. The highest BCUT2D eigenvalue weighted by Gasteiger charge is 2.11. The second-order valence-corrected chi connectivity index (χ2v) is 4.34. The van der Waals surface area contributed by atoms with Crippen LogP contribution in [0, 0.1) is 17.0 Å². The van der Waals surface area contributed by atoms with Gasteiger partial charge in [-0.25, -0.2) is 4.98 Å². The fraction of sp³-hybridized carbons (Fsp3) is 0.231. The molecule has 2 rings (SSSR count). The lowest BCUT2D eigenvalue weighted by atomic mass is 10.1. The van der Waals surface area contributed by atoms with E-state index < -0.39 is 4.92 Å². The number of aryl methyl sites for hydroxylation is 1. The molecule has 0 fully saturated rings. The molecular formula is C13H14N4O3. The molecule has 0 spiro atoms. The van der Waals surface area contributed by atoms with E-state index in [-0.39, 0.29) is 17.8 Å². The van der Waals surface area contributed by atoms with Gasteiger partial charge in [0.25, 0.3) is 11.2 Å². The lowest BCUT2D eigenvalue weighted by Gasteiger charge is -2.10. The Morgan fingerprint density at radius 2 is 2.15 bits per heavy atom. The maximum Gasteiger partial charge on any atom is 0.269 e. The number of rotatable bonds is 4. The van der Waals surface area contributed by atoms with Crippen molar-refractivity contribution in [1.29, 1.82) is 0 Å². The van der Waals surface area contributed by atoms with Crippen LogP contribution in [0.1, 0.15) is 11.3 Å². The smallest absolute Gasteiger partial charge is 0.269 e. The highest BCUT2D eigenvalue weighted by atomic mass is 16.6. The monoisotopic (exact) mass is 274 g/mol. The zero-order valence-corrected chi connectivity index (χ0v) is 11.2. The number of nitrogens with one attached hydrogen (secondary N) is 1. The van der Waals surface area contributed by atoms with Gasteiger partial charge >= 0.3 is 0 Å². The second kappa shape index (κ2) is 5.52. The van der Waals surface area contributed by atoms with Gasteiger partial charge in [-0.2, -0.15) is 0 Å². The topological polar surface area (TPSA) is 90.1 Å². The molecule has 0 saturated heterocycles. The fourth-order valence-electron chi connectivity index (χ4n) is 1.89. The number of hydrogen-bond acceptors (Lipinski definition) is 5. The third-order valence-corrected chi connectivity index (χ3v) is 2.93. The van der Waals surface area contributed by atoms with E-state index in [1.54, 1.807) is 20.0 Å². The molecule has 2 aromatic rings. The number of anilines is 1. The maximum absolute atomic E-state index is 11.8. The number of nitrogens with zero attached hydrogens (tertiary/aromatic N) is 3. The second-order valence-electron chi connectivity index (χ2n) is 4.34. The van der Waals surface area contributed by atoms with Crippen LogP contribution in [0.25, 0.3) is 0 Å². The van der Waals surface area contributed by atoms with Crippen LogP contribution >= 0.6 is 0 Å². The van der Waals surface area contributed by atoms with Crippen molar-refractivity contribution in [3.63, 3.8) is 0 Å². The number of nitro benzene ring substituents is 1. The first kappa shape index (κ1) is 13.7. The Morgan fingerprint density at radius 3 is 2.75 bits per heavy atom. The summed E-state index contributed by atoms with van der Waals surface area (Å²) >= 11 is 0. The summed E-state index contributed by atoms with van der Waals surface area (Å²) in [6, 6.07) is 5.93. The summed E-state index contributed by atoms with van der Waals surface area (Å²) in [4.78, 5) is 26.3. The number of hydrogen-bond donors (Lipinski definition) is 1. The third-order valence-electron chi connectivity index (χ3n) is 2.93. The number of non-ortho nitro benzene ring substituents is 1. The first-order valence-corrected chi connectivity index (χ1v) is 5.99. The normalized spacial score (nSPS) is 10.3. The summed E-state index contributed by atoms with van der Waals surface area (Å²) in [6.45, 7) is 1.96. The van der Waals surface area contributed by atoms with Crippen LogP contribution in [-0.4, -0.2) is 21.5 Å². The van der Waals surface area contributed by atoms with Gasteiger partial charge in [0.1, 0.15) is 0 Å². The predicted molar refractivity (Wildman–Crippen MR) is 75.0 cm³/mol. The van der Waals surface area contributed by atoms with Crippen LogP contribution in [0.15, 0.2) is 35.4 Å². The van der Waals surface area contributed by atoms with Crippen molar-refractivity contribution in [2.24, 2.45) is 0 Å². The standard InChI is InChI=1S/C13H14N4O3/c1-9-5-13(18)16(8-15-9)7-10-6-11(17(19)20)3-4-12(10)14-2/h3-6,8,14H,7H2,1-2H3. The average Bonchev–Trinajstić information content (AvgIpc) is 2.41. The summed E-state index contributed by atoms with van der Waals surface area (Å²) < 4.78 is 1.41. The maximum atomic E-state index is 11.8. The molecule has 1 aromatic carbocycles. The van der Waals surface area contributed by atoms with Crippen LogP contribution in [-0.2, 0) is 6.54 Å². The molecule has 20 heavy (non-hydrogen) atoms. The van der Waals surface area contributed by atoms with Gasteiger partial charge in [0, 0.05) is 42.2 Å². The van der Waals surface area contributed by atoms with Crippen molar-refractivity contribution >= 4 is 11.4 Å². The Labute approximate surface area is 115 Å². The molecule has 1 aromatic heterocycles. The molecule has 0 atom stereocenters. The SMILES string of the molecule is CNc1ccc([N+](=O)[O-])cc1Cn1cnc(C)cc1=O. The lowest BCUT2D eigenvalue weighted by molar-refractivity contribution is -0.384. The molecule has 0 saturated carbocycles. The third kappa shape index (κ3) is 2.82. The summed E-state index contributed by atoms with van der Waals surface area (Å²) in [5, 5.41) is 13.8. The molecule has 0 aliphatic heterocycles. The van der Waals surface area contributed by atoms with Crippen molar-refractivity contribution in [2.75, 3.05) is 12.4 Å². The van der Waals surface area contributed by atoms with Gasteiger partial charge in [0.05, 0.1) is 17.8 Å². The Balaban J connectivity index is 2.43. The van der Waals surface area contributed by atoms with Crippen LogP contribution < -0.4 is 10.9 Å². The van der Waals surface area contributed by atoms with E-state index >= 15 is 0 Å². The molecule has 0 aliphatic rings. The Bertz CT molecular complexity index is 709. The molecule has 104 valence electrons. The highest BCUT2D eigenvalue weighted by molar-refractivity contribution is 5.55. The summed E-state index contributed by atoms with van der Waals surface area (Å²) in [7, 11) is 1.72. The first-order valence-electron chi connectivity index (χ1n) is 5.99. The van der Waals surface area contributed by atoms with E-state index in [0.717, 1.165) is 5.69 Å². The van der Waals surface area contributed by atoms with Gasteiger partial charge in [-0.3, -0.25) is 19.5 Å². The van der Waals surface area contributed by atoms with Crippen LogP contribution in [0.4, 0.5) is 11.4 Å². The van der Waals surface area contributed by atoms with Crippen molar-refractivity contribution in [1.82, 2.24) is 9.55 Å². The molecule has 1 N–H and O–H groups in total. The molecule has 0 amide bonds. The highest BCUT2D eigenvalue weighted by Crippen LogP contribution is 2.22. The molecule has 0 unspecified atom stereocenters. The summed E-state index contributed by atoms with van der Waals surface area (Å²) in [6.07, 6.45) is 1.44. The lowest BCUT2D eigenvalue weighted by Crippen LogP contribution is -2.21. The van der Waals surface area contributed by atoms with Crippen molar-refractivity contribution in [3.05, 3.63) is 62.3 Å². The van der Waals surface area contributed by atoms with Crippen LogP contribution in [0.3, 0.4) is 0 Å². The van der Waals surface area contributed by atoms with Gasteiger partial charge < -0.3 is 5.32 Å². The minimum Gasteiger partial charge on any atom is -0.388 e. The van der Waals surface area contributed by atoms with Crippen molar-refractivity contribution < 1.29 is 4.92 Å². The fourth-order valence-corrected chi connectivity index (χ4v) is 1.89. The van der Waals surface area contributed by atoms with E-state index in [4.69, 9.17) is 0 Å². The van der Waals surface area contributed by atoms with E-state index in [2.05, 4.69) is 10.3 Å². The van der Waals surface area contributed by atoms with Gasteiger partial charge in [0.2, 0.25) is 0 Å². The molecule has 0 aliphatic carbocycles. The van der Waals surface area contributed by atoms with E-state index in [1.807, 2.05) is 0 Å². The minimum absolute atomic E-state index is 0.00730. The van der Waals surface area contributed by atoms with Gasteiger partial charge in [-0.15, -0.1) is 0 Å². The average molecular weight is 274 g/mol. The predicted octanol–water partition coefficient (Wildman–Crippen LogP) is 1.55. The Kier molecular flexibility index (Phi) is 3.79. The Hall–Kier alpha value is -2.70. The van der Waals surface area contributed by atoms with Gasteiger partial charge in [-0.05, 0) is 13.0 Å². The first-order chi connectivity index (χ1) is 9.51. The van der Waals surface area contributed by atoms with Crippen molar-refractivity contribution in [3.8, 4) is 0 Å². The van der Waals surface area contributed by atoms with E-state index in [1.165, 1.54) is 29.1 Å². The van der Waals surface area contributed by atoms with E-state index in [0.29, 0.717) is 11.3 Å². The van der Waals surface area contributed by atoms with Crippen LogP contribution in [0.5, 0.6) is 0 Å². The molecule has 0 bridgehead atoms. The van der Waals surface area contributed by atoms with Gasteiger partial charge in [-0.1, -0.05) is 0 Å². The number of nitro groups is 1. The quantitative estimate of drug-likeness (QED) is 0.674. The zero-order chi connectivity index (χ0) is 14.7. The minimum atomic E-state index is -0.459. The molecule has 7 heteroatoms. The van der Waals surface area contributed by atoms with Crippen molar-refractivity contribution in [2.45, 2.75) is 13.5 Å². The molecule has 0 radical (unpaired) electrons. The zero-order valence-electron chi connectivity index (χ0n) is 11.2. The van der Waals surface area contributed by atoms with Crippen LogP contribution in [0.2, 0.25) is 0 Å².